The van der Waals surface area contributed by atoms with E-state index >= 15 is 0 Å². The van der Waals surface area contributed by atoms with Crippen LogP contribution < -0.4 is 5.06 Å². The highest BCUT2D eigenvalue weighted by Crippen LogP contribution is 2.34. The molecule has 0 spiro atoms. The van der Waals surface area contributed by atoms with Crippen LogP contribution >= 0.6 is 0 Å². The van der Waals surface area contributed by atoms with E-state index in [4.69, 9.17) is 4.74 Å². The molecule has 0 aromatic carbocycles. The highest BCUT2D eigenvalue weighted by Gasteiger charge is 2.37. The predicted molar refractivity (Wildman–Crippen MR) is 31.7 cm³/mol. The van der Waals surface area contributed by atoms with Crippen LogP contribution in [0.15, 0.2) is 0 Å². The van der Waals surface area contributed by atoms with Crippen LogP contribution in [0, 0.1) is 11.1 Å². The molecule has 0 radical (unpaired) electrons. The lowest BCUT2D eigenvalue weighted by atomic mass is 10.2. The van der Waals surface area contributed by atoms with Crippen LogP contribution in [0.1, 0.15) is 12.8 Å². The molecule has 3 heteroatoms. The van der Waals surface area contributed by atoms with Gasteiger partial charge in [0, 0.05) is 0 Å². The lowest BCUT2D eigenvalue weighted by Gasteiger charge is -2.11. The number of hydroxylamine groups is 2. The SMILES string of the molecule is [O-][NH+]1COC(C2CC2)C1. The Balaban J connectivity index is 1.86. The molecule has 1 saturated carbocycles. The summed E-state index contributed by atoms with van der Waals surface area (Å²) in [5.74, 6) is 0.733. The topological polar surface area (TPSA) is 36.7 Å². The van der Waals surface area contributed by atoms with E-state index in [-0.39, 0.29) is 5.06 Å². The highest BCUT2D eigenvalue weighted by molar-refractivity contribution is 4.82. The first kappa shape index (κ1) is 5.65. The Morgan fingerprint density at radius 2 is 2.22 bits per heavy atom. The van der Waals surface area contributed by atoms with E-state index in [0.29, 0.717) is 19.4 Å². The zero-order valence-corrected chi connectivity index (χ0v) is 5.30. The molecule has 9 heavy (non-hydrogen) atoms. The van der Waals surface area contributed by atoms with Crippen molar-refractivity contribution in [3.8, 4) is 0 Å². The second-order valence-corrected chi connectivity index (χ2v) is 2.93. The standard InChI is InChI=1S/C6H11NO2/c8-7-3-6(9-4-7)5-1-2-5/h5-7H,1-4H2. The molecule has 2 fully saturated rings. The van der Waals surface area contributed by atoms with Crippen LogP contribution in [-0.2, 0) is 4.74 Å². The molecule has 0 aromatic rings. The summed E-state index contributed by atoms with van der Waals surface area (Å²) < 4.78 is 5.24. The summed E-state index contributed by atoms with van der Waals surface area (Å²) in [6.07, 6.45) is 2.85. The van der Waals surface area contributed by atoms with E-state index in [1.807, 2.05) is 0 Å². The molecule has 0 bridgehead atoms. The molecule has 1 aliphatic carbocycles. The Bertz CT molecular complexity index is 114. The maximum atomic E-state index is 10.7. The lowest BCUT2D eigenvalue weighted by Crippen LogP contribution is -3.05. The summed E-state index contributed by atoms with van der Waals surface area (Å²) in [4.78, 5) is 0. The molecule has 3 nitrogen and oxygen atoms in total. The van der Waals surface area contributed by atoms with Gasteiger partial charge in [0.05, 0.1) is 0 Å². The number of nitrogens with one attached hydrogen (secondary N) is 1. The molecule has 2 aliphatic rings. The number of ether oxygens (including phenoxy) is 1. The minimum atomic E-state index is 0.284. The van der Waals surface area contributed by atoms with Crippen LogP contribution in [0.4, 0.5) is 0 Å². The van der Waals surface area contributed by atoms with Gasteiger partial charge < -0.3 is 15.0 Å². The fourth-order valence-corrected chi connectivity index (χ4v) is 1.31. The number of hydrogen-bond acceptors (Lipinski definition) is 2. The van der Waals surface area contributed by atoms with Crippen molar-refractivity contribution in [1.82, 2.24) is 0 Å². The average Bonchev–Trinajstić information content (AvgIpc) is 2.58. The summed E-state index contributed by atoms with van der Waals surface area (Å²) >= 11 is 0. The van der Waals surface area contributed by atoms with Gasteiger partial charge in [0.25, 0.3) is 0 Å². The van der Waals surface area contributed by atoms with E-state index in [0.717, 1.165) is 5.92 Å². The van der Waals surface area contributed by atoms with Gasteiger partial charge in [0.15, 0.2) is 6.73 Å². The van der Waals surface area contributed by atoms with Gasteiger partial charge in [0.1, 0.15) is 12.6 Å². The average molecular weight is 129 g/mol. The molecule has 0 amide bonds. The monoisotopic (exact) mass is 129 g/mol. The van der Waals surface area contributed by atoms with Crippen LogP contribution in [0.3, 0.4) is 0 Å². The van der Waals surface area contributed by atoms with E-state index in [1.165, 1.54) is 12.8 Å². The molecular weight excluding hydrogens is 118 g/mol. The van der Waals surface area contributed by atoms with E-state index in [9.17, 15) is 5.21 Å². The zero-order valence-electron chi connectivity index (χ0n) is 5.30. The van der Waals surface area contributed by atoms with Gasteiger partial charge in [0.2, 0.25) is 0 Å². The van der Waals surface area contributed by atoms with E-state index < -0.39 is 0 Å². The van der Waals surface area contributed by atoms with Crippen LogP contribution in [0.25, 0.3) is 0 Å². The van der Waals surface area contributed by atoms with Gasteiger partial charge >= 0.3 is 0 Å². The normalized spacial score (nSPS) is 43.7. The molecule has 1 saturated heterocycles. The Morgan fingerprint density at radius 1 is 1.44 bits per heavy atom. The van der Waals surface area contributed by atoms with Gasteiger partial charge in [-0.2, -0.15) is 0 Å². The third-order valence-electron chi connectivity index (χ3n) is 2.04. The van der Waals surface area contributed by atoms with E-state index in [1.54, 1.807) is 0 Å². The van der Waals surface area contributed by atoms with Crippen molar-refractivity contribution < 1.29 is 9.80 Å². The van der Waals surface area contributed by atoms with Crippen molar-refractivity contribution in [3.63, 3.8) is 0 Å². The summed E-state index contributed by atoms with van der Waals surface area (Å²) in [6.45, 7) is 1.06. The first-order valence-electron chi connectivity index (χ1n) is 3.49. The summed E-state index contributed by atoms with van der Waals surface area (Å²) in [5.41, 5.74) is 0. The van der Waals surface area contributed by atoms with Crippen molar-refractivity contribution in [3.05, 3.63) is 5.21 Å². The molecule has 1 N–H and O–H groups in total. The number of hydrogen-bond donors (Lipinski definition) is 1. The predicted octanol–water partition coefficient (Wildman–Crippen LogP) is -0.865. The largest absolute Gasteiger partial charge is 0.633 e. The Labute approximate surface area is 54.2 Å². The second-order valence-electron chi connectivity index (χ2n) is 2.93. The first-order chi connectivity index (χ1) is 4.36. The van der Waals surface area contributed by atoms with Gasteiger partial charge in [-0.25, -0.2) is 0 Å². The second kappa shape index (κ2) is 1.94. The van der Waals surface area contributed by atoms with Crippen molar-refractivity contribution in [1.29, 1.82) is 0 Å². The summed E-state index contributed by atoms with van der Waals surface area (Å²) in [5, 5.41) is 10.9. The Morgan fingerprint density at radius 3 is 2.67 bits per heavy atom. The first-order valence-corrected chi connectivity index (χ1v) is 3.49. The Hall–Kier alpha value is -0.120. The van der Waals surface area contributed by atoms with Crippen molar-refractivity contribution in [2.75, 3.05) is 13.3 Å². The number of quaternary nitrogens is 1. The fourth-order valence-electron chi connectivity index (χ4n) is 1.31. The zero-order chi connectivity index (χ0) is 6.27. The van der Waals surface area contributed by atoms with E-state index in [2.05, 4.69) is 0 Å². The smallest absolute Gasteiger partial charge is 0.182 e. The van der Waals surface area contributed by atoms with Crippen LogP contribution in [0.5, 0.6) is 0 Å². The molecule has 1 aliphatic heterocycles. The number of rotatable bonds is 1. The fraction of sp³-hybridized carbons (Fsp3) is 1.00. The van der Waals surface area contributed by atoms with Crippen molar-refractivity contribution in [2.45, 2.75) is 18.9 Å². The molecule has 2 rings (SSSR count). The minimum absolute atomic E-state index is 0.284. The highest BCUT2D eigenvalue weighted by atomic mass is 16.6. The summed E-state index contributed by atoms with van der Waals surface area (Å²) in [7, 11) is 0. The summed E-state index contributed by atoms with van der Waals surface area (Å²) in [6, 6.07) is 0. The lowest BCUT2D eigenvalue weighted by molar-refractivity contribution is -0.845. The third-order valence-corrected chi connectivity index (χ3v) is 2.04. The maximum absolute atomic E-state index is 10.7. The van der Waals surface area contributed by atoms with Gasteiger partial charge in [-0.1, -0.05) is 0 Å². The third kappa shape index (κ3) is 1.08. The van der Waals surface area contributed by atoms with Crippen molar-refractivity contribution in [2.24, 2.45) is 5.92 Å². The van der Waals surface area contributed by atoms with Crippen molar-refractivity contribution >= 4 is 0 Å². The maximum Gasteiger partial charge on any atom is 0.182 e. The Kier molecular flexibility index (Phi) is 1.22. The molecule has 0 aromatic heterocycles. The molecule has 2 atom stereocenters. The van der Waals surface area contributed by atoms with Gasteiger partial charge in [-0.05, 0) is 18.8 Å². The molecule has 1 heterocycles. The molecule has 52 valence electrons. The van der Waals surface area contributed by atoms with Gasteiger partial charge in [-0.15, -0.1) is 0 Å². The van der Waals surface area contributed by atoms with Gasteiger partial charge in [-0.3, -0.25) is 0 Å². The quantitative estimate of drug-likeness (QED) is 0.467. The van der Waals surface area contributed by atoms with Crippen LogP contribution in [-0.4, -0.2) is 19.4 Å². The molecular formula is C6H11NO2. The minimum Gasteiger partial charge on any atom is -0.633 e. The van der Waals surface area contributed by atoms with Crippen LogP contribution in [0.2, 0.25) is 0 Å². The molecule has 2 unspecified atom stereocenters.